The number of rotatable bonds is 3. The van der Waals surface area contributed by atoms with E-state index in [1.54, 1.807) is 12.5 Å². The van der Waals surface area contributed by atoms with Crippen molar-refractivity contribution in [2.75, 3.05) is 0 Å². The first-order valence-corrected chi connectivity index (χ1v) is 4.93. The van der Waals surface area contributed by atoms with E-state index in [4.69, 9.17) is 4.42 Å². The summed E-state index contributed by atoms with van der Waals surface area (Å²) in [5, 5.41) is 0. The number of nitrogens with zero attached hydrogens (tertiary/aromatic N) is 3. The Balaban J connectivity index is 1.99. The van der Waals surface area contributed by atoms with Crippen LogP contribution >= 0.6 is 0 Å². The van der Waals surface area contributed by atoms with Gasteiger partial charge in [-0.3, -0.25) is 0 Å². The molecule has 0 bridgehead atoms. The van der Waals surface area contributed by atoms with Crippen LogP contribution in [-0.2, 0) is 12.8 Å². The maximum atomic E-state index is 5.26. The maximum absolute atomic E-state index is 5.26. The maximum Gasteiger partial charge on any atom is 0.194 e. The van der Waals surface area contributed by atoms with Crippen LogP contribution in [0, 0.1) is 13.8 Å². The molecule has 0 spiro atoms. The largest absolute Gasteiger partial charge is 0.449 e. The fourth-order valence-corrected chi connectivity index (χ4v) is 1.40. The zero-order valence-electron chi connectivity index (χ0n) is 8.90. The van der Waals surface area contributed by atoms with Gasteiger partial charge < -0.3 is 4.42 Å². The molecule has 0 radical (unpaired) electrons. The first kappa shape index (κ1) is 9.83. The highest BCUT2D eigenvalue weighted by Crippen LogP contribution is 2.05. The predicted molar refractivity (Wildman–Crippen MR) is 55.4 cm³/mol. The molecular weight excluding hydrogens is 190 g/mol. The summed E-state index contributed by atoms with van der Waals surface area (Å²) in [6, 6.07) is 1.92. The fraction of sp³-hybridized carbons (Fsp3) is 0.364. The molecule has 2 aromatic rings. The molecule has 2 rings (SSSR count). The smallest absolute Gasteiger partial charge is 0.194 e. The van der Waals surface area contributed by atoms with Crippen LogP contribution < -0.4 is 0 Å². The van der Waals surface area contributed by atoms with Crippen molar-refractivity contribution in [1.29, 1.82) is 0 Å². The van der Waals surface area contributed by atoms with Gasteiger partial charge in [0.1, 0.15) is 12.1 Å². The van der Waals surface area contributed by atoms with Gasteiger partial charge in [-0.2, -0.15) is 0 Å². The lowest BCUT2D eigenvalue weighted by molar-refractivity contribution is 0.492. The molecule has 78 valence electrons. The molecular formula is C11H13N3O. The summed E-state index contributed by atoms with van der Waals surface area (Å²) in [6.07, 6.45) is 5.06. The predicted octanol–water partition coefficient (Wildman–Crippen LogP) is 1.87. The molecule has 0 amide bonds. The van der Waals surface area contributed by atoms with E-state index in [-0.39, 0.29) is 0 Å². The molecule has 0 aromatic carbocycles. The minimum Gasteiger partial charge on any atom is -0.449 e. The van der Waals surface area contributed by atoms with Crippen LogP contribution in [0.3, 0.4) is 0 Å². The van der Waals surface area contributed by atoms with Gasteiger partial charge in [0, 0.05) is 18.3 Å². The lowest BCUT2D eigenvalue weighted by Crippen LogP contribution is -1.97. The van der Waals surface area contributed by atoms with Crippen molar-refractivity contribution in [3.8, 4) is 0 Å². The normalized spacial score (nSPS) is 10.5. The highest BCUT2D eigenvalue weighted by Gasteiger charge is 2.02. The summed E-state index contributed by atoms with van der Waals surface area (Å²) in [5.74, 6) is 1.57. The average Bonchev–Trinajstić information content (AvgIpc) is 2.62. The molecule has 0 unspecified atom stereocenters. The molecule has 0 N–H and O–H groups in total. The monoisotopic (exact) mass is 203 g/mol. The molecule has 2 heterocycles. The van der Waals surface area contributed by atoms with Crippen molar-refractivity contribution in [2.24, 2.45) is 0 Å². The Morgan fingerprint density at radius 3 is 2.73 bits per heavy atom. The van der Waals surface area contributed by atoms with Gasteiger partial charge in [0.15, 0.2) is 5.89 Å². The van der Waals surface area contributed by atoms with Gasteiger partial charge in [0.25, 0.3) is 0 Å². The summed E-state index contributed by atoms with van der Waals surface area (Å²) in [5.41, 5.74) is 1.95. The topological polar surface area (TPSA) is 51.8 Å². The third-order valence-corrected chi connectivity index (χ3v) is 2.10. The van der Waals surface area contributed by atoms with Crippen molar-refractivity contribution < 1.29 is 4.42 Å². The third-order valence-electron chi connectivity index (χ3n) is 2.10. The molecule has 0 saturated heterocycles. The van der Waals surface area contributed by atoms with Crippen LogP contribution in [-0.4, -0.2) is 15.0 Å². The molecule has 4 nitrogen and oxygen atoms in total. The average molecular weight is 203 g/mol. The van der Waals surface area contributed by atoms with Gasteiger partial charge in [-0.1, -0.05) is 0 Å². The van der Waals surface area contributed by atoms with E-state index in [0.717, 1.165) is 35.9 Å². The highest BCUT2D eigenvalue weighted by molar-refractivity contribution is 5.03. The summed E-state index contributed by atoms with van der Waals surface area (Å²) < 4.78 is 5.26. The van der Waals surface area contributed by atoms with Crippen molar-refractivity contribution in [2.45, 2.75) is 26.7 Å². The Labute approximate surface area is 88.4 Å². The fourth-order valence-electron chi connectivity index (χ4n) is 1.40. The molecule has 0 aliphatic rings. The second-order valence-electron chi connectivity index (χ2n) is 3.48. The van der Waals surface area contributed by atoms with E-state index in [2.05, 4.69) is 15.0 Å². The second kappa shape index (κ2) is 4.21. The second-order valence-corrected chi connectivity index (χ2v) is 3.48. The molecule has 15 heavy (non-hydrogen) atoms. The van der Waals surface area contributed by atoms with E-state index in [9.17, 15) is 0 Å². The van der Waals surface area contributed by atoms with Gasteiger partial charge in [-0.25, -0.2) is 15.0 Å². The molecule has 0 saturated carbocycles. The molecule has 0 aliphatic heterocycles. The number of aromatic nitrogens is 3. The molecule has 4 heteroatoms. The van der Waals surface area contributed by atoms with Crippen LogP contribution in [0.15, 0.2) is 22.9 Å². The quantitative estimate of drug-likeness (QED) is 0.764. The summed E-state index contributed by atoms with van der Waals surface area (Å²) >= 11 is 0. The van der Waals surface area contributed by atoms with Gasteiger partial charge in [-0.05, 0) is 26.3 Å². The minimum absolute atomic E-state index is 0.767. The Hall–Kier alpha value is -1.71. The van der Waals surface area contributed by atoms with Crippen LogP contribution in [0.5, 0.6) is 0 Å². The van der Waals surface area contributed by atoms with Gasteiger partial charge in [0.2, 0.25) is 0 Å². The third kappa shape index (κ3) is 2.62. The molecule has 0 atom stereocenters. The van der Waals surface area contributed by atoms with Gasteiger partial charge >= 0.3 is 0 Å². The van der Waals surface area contributed by atoms with Crippen LogP contribution in [0.25, 0.3) is 0 Å². The lowest BCUT2D eigenvalue weighted by atomic mass is 10.2. The Morgan fingerprint density at radius 2 is 2.07 bits per heavy atom. The minimum atomic E-state index is 0.767. The standard InChI is InChI=1S/C11H13N3O/c1-8-7-15-11(13-8)4-3-10-5-6-12-9(2)14-10/h5-7H,3-4H2,1-2H3. The first-order chi connectivity index (χ1) is 7.24. The van der Waals surface area contributed by atoms with Gasteiger partial charge in [-0.15, -0.1) is 0 Å². The van der Waals surface area contributed by atoms with Crippen molar-refractivity contribution in [1.82, 2.24) is 15.0 Å². The van der Waals surface area contributed by atoms with E-state index in [0.29, 0.717) is 0 Å². The molecule has 0 aliphatic carbocycles. The lowest BCUT2D eigenvalue weighted by Gasteiger charge is -1.98. The summed E-state index contributed by atoms with van der Waals surface area (Å²) in [7, 11) is 0. The van der Waals surface area contributed by atoms with E-state index in [1.165, 1.54) is 0 Å². The Kier molecular flexibility index (Phi) is 2.76. The van der Waals surface area contributed by atoms with E-state index >= 15 is 0 Å². The molecule has 0 fully saturated rings. The van der Waals surface area contributed by atoms with Crippen molar-refractivity contribution in [3.63, 3.8) is 0 Å². The van der Waals surface area contributed by atoms with Gasteiger partial charge in [0.05, 0.1) is 5.69 Å². The Bertz CT molecular complexity index is 451. The highest BCUT2D eigenvalue weighted by atomic mass is 16.3. The van der Waals surface area contributed by atoms with Crippen LogP contribution in [0.1, 0.15) is 23.1 Å². The Morgan fingerprint density at radius 1 is 1.20 bits per heavy atom. The zero-order chi connectivity index (χ0) is 10.7. The summed E-state index contributed by atoms with van der Waals surface area (Å²) in [4.78, 5) is 12.6. The number of hydrogen-bond acceptors (Lipinski definition) is 4. The summed E-state index contributed by atoms with van der Waals surface area (Å²) in [6.45, 7) is 3.81. The van der Waals surface area contributed by atoms with E-state index < -0.39 is 0 Å². The van der Waals surface area contributed by atoms with Crippen molar-refractivity contribution >= 4 is 0 Å². The number of aryl methyl sites for hydroxylation is 4. The zero-order valence-corrected chi connectivity index (χ0v) is 8.90. The van der Waals surface area contributed by atoms with Crippen molar-refractivity contribution in [3.05, 3.63) is 41.6 Å². The SMILES string of the molecule is Cc1coc(CCc2ccnc(C)n2)n1. The molecule has 2 aromatic heterocycles. The van der Waals surface area contributed by atoms with Crippen LogP contribution in [0.4, 0.5) is 0 Å². The first-order valence-electron chi connectivity index (χ1n) is 4.93. The number of oxazole rings is 1. The number of hydrogen-bond donors (Lipinski definition) is 0. The van der Waals surface area contributed by atoms with Crippen LogP contribution in [0.2, 0.25) is 0 Å². The van der Waals surface area contributed by atoms with E-state index in [1.807, 2.05) is 19.9 Å².